The number of ether oxygens (including phenoxy) is 1. The summed E-state index contributed by atoms with van der Waals surface area (Å²) in [5.41, 5.74) is 9.92. The summed E-state index contributed by atoms with van der Waals surface area (Å²) in [6.45, 7) is 0.394. The smallest absolute Gasteiger partial charge is 0.406 e. The molecule has 3 N–H and O–H groups in total. The molecular formula is C13H18N2O2. The minimum Gasteiger partial charge on any atom is -0.453 e. The van der Waals surface area contributed by atoms with Gasteiger partial charge in [-0.3, -0.25) is 0 Å². The number of fused-ring (bicyclic) bond motifs is 1. The third-order valence-electron chi connectivity index (χ3n) is 3.20. The Morgan fingerprint density at radius 2 is 2.24 bits per heavy atom. The van der Waals surface area contributed by atoms with Gasteiger partial charge < -0.3 is 15.8 Å². The fraction of sp³-hybridized carbons (Fsp3) is 0.462. The molecule has 17 heavy (non-hydrogen) atoms. The maximum absolute atomic E-state index is 10.9. The van der Waals surface area contributed by atoms with Crippen LogP contribution in [0.2, 0.25) is 0 Å². The monoisotopic (exact) mass is 234 g/mol. The fourth-order valence-corrected chi connectivity index (χ4v) is 2.21. The second-order valence-corrected chi connectivity index (χ2v) is 4.36. The largest absolute Gasteiger partial charge is 0.453 e. The standard InChI is InChI=1S/C13H18N2O2/c1-17-13(16)15-8-12(14)11-6-5-9-3-2-4-10(9)7-11/h5-7,12H,2-4,8,14H2,1H3,(H,15,16). The van der Waals surface area contributed by atoms with Gasteiger partial charge in [-0.1, -0.05) is 18.2 Å². The number of hydrogen-bond acceptors (Lipinski definition) is 3. The Labute approximate surface area is 101 Å². The Morgan fingerprint density at radius 1 is 1.47 bits per heavy atom. The van der Waals surface area contributed by atoms with Crippen molar-refractivity contribution in [3.05, 3.63) is 34.9 Å². The molecule has 0 aliphatic heterocycles. The molecule has 0 bridgehead atoms. The molecule has 1 aromatic carbocycles. The van der Waals surface area contributed by atoms with Gasteiger partial charge in [-0.2, -0.15) is 0 Å². The predicted molar refractivity (Wildman–Crippen MR) is 65.8 cm³/mol. The number of amides is 1. The maximum Gasteiger partial charge on any atom is 0.406 e. The first-order valence-electron chi connectivity index (χ1n) is 5.90. The molecule has 4 heteroatoms. The average Bonchev–Trinajstić information content (AvgIpc) is 2.82. The van der Waals surface area contributed by atoms with E-state index < -0.39 is 6.09 Å². The lowest BCUT2D eigenvalue weighted by atomic mass is 10.0. The lowest BCUT2D eigenvalue weighted by Gasteiger charge is -2.14. The number of nitrogens with one attached hydrogen (secondary N) is 1. The summed E-state index contributed by atoms with van der Waals surface area (Å²) >= 11 is 0. The van der Waals surface area contributed by atoms with Gasteiger partial charge in [-0.15, -0.1) is 0 Å². The highest BCUT2D eigenvalue weighted by Crippen LogP contribution is 2.24. The molecule has 2 rings (SSSR count). The van der Waals surface area contributed by atoms with Crippen molar-refractivity contribution in [2.75, 3.05) is 13.7 Å². The van der Waals surface area contributed by atoms with Crippen molar-refractivity contribution in [3.8, 4) is 0 Å². The fourth-order valence-electron chi connectivity index (χ4n) is 2.21. The third kappa shape index (κ3) is 2.77. The van der Waals surface area contributed by atoms with E-state index in [1.54, 1.807) is 0 Å². The SMILES string of the molecule is COC(=O)NCC(N)c1ccc2c(c1)CCC2. The normalized spacial score (nSPS) is 15.2. The van der Waals surface area contributed by atoms with Crippen LogP contribution in [0, 0.1) is 0 Å². The summed E-state index contributed by atoms with van der Waals surface area (Å²) in [5, 5.41) is 2.61. The Morgan fingerprint density at radius 3 is 3.00 bits per heavy atom. The molecule has 1 amide bonds. The molecule has 92 valence electrons. The van der Waals surface area contributed by atoms with E-state index in [1.165, 1.54) is 31.1 Å². The first-order chi connectivity index (χ1) is 8.20. The topological polar surface area (TPSA) is 64.3 Å². The number of methoxy groups -OCH3 is 1. The van der Waals surface area contributed by atoms with E-state index in [0.29, 0.717) is 6.54 Å². The summed E-state index contributed by atoms with van der Waals surface area (Å²) in [5.74, 6) is 0. The molecule has 1 unspecified atom stereocenters. The molecule has 1 aliphatic carbocycles. The number of benzene rings is 1. The van der Waals surface area contributed by atoms with E-state index in [4.69, 9.17) is 5.73 Å². The molecule has 0 fully saturated rings. The highest BCUT2D eigenvalue weighted by Gasteiger charge is 2.14. The molecule has 1 aromatic rings. The molecule has 1 aliphatic rings. The predicted octanol–water partition coefficient (Wildman–Crippen LogP) is 1.53. The summed E-state index contributed by atoms with van der Waals surface area (Å²) < 4.78 is 4.50. The Kier molecular flexibility index (Phi) is 3.64. The van der Waals surface area contributed by atoms with Gasteiger partial charge in [0.1, 0.15) is 0 Å². The second kappa shape index (κ2) is 5.19. The van der Waals surface area contributed by atoms with Gasteiger partial charge in [-0.05, 0) is 36.0 Å². The average molecular weight is 234 g/mol. The zero-order valence-corrected chi connectivity index (χ0v) is 10.0. The van der Waals surface area contributed by atoms with Crippen LogP contribution >= 0.6 is 0 Å². The van der Waals surface area contributed by atoms with Crippen LogP contribution in [-0.2, 0) is 17.6 Å². The highest BCUT2D eigenvalue weighted by molar-refractivity contribution is 5.66. The minimum atomic E-state index is -0.443. The van der Waals surface area contributed by atoms with E-state index in [1.807, 2.05) is 6.07 Å². The van der Waals surface area contributed by atoms with Crippen LogP contribution < -0.4 is 11.1 Å². The van der Waals surface area contributed by atoms with Gasteiger partial charge >= 0.3 is 6.09 Å². The molecule has 0 heterocycles. The lowest BCUT2D eigenvalue weighted by molar-refractivity contribution is 0.170. The number of carbonyl (C=O) groups excluding carboxylic acids is 1. The molecule has 0 saturated carbocycles. The second-order valence-electron chi connectivity index (χ2n) is 4.36. The zero-order valence-electron chi connectivity index (χ0n) is 10.0. The van der Waals surface area contributed by atoms with Gasteiger partial charge in [0, 0.05) is 12.6 Å². The number of rotatable bonds is 3. The van der Waals surface area contributed by atoms with Crippen molar-refractivity contribution in [3.63, 3.8) is 0 Å². The van der Waals surface area contributed by atoms with Crippen LogP contribution in [0.15, 0.2) is 18.2 Å². The Hall–Kier alpha value is -1.55. The van der Waals surface area contributed by atoms with Crippen molar-refractivity contribution in [2.45, 2.75) is 25.3 Å². The van der Waals surface area contributed by atoms with Crippen LogP contribution in [0.3, 0.4) is 0 Å². The van der Waals surface area contributed by atoms with Crippen LogP contribution in [0.4, 0.5) is 4.79 Å². The van der Waals surface area contributed by atoms with E-state index >= 15 is 0 Å². The summed E-state index contributed by atoms with van der Waals surface area (Å²) in [7, 11) is 1.34. The number of hydrogen-bond donors (Lipinski definition) is 2. The Bertz CT molecular complexity index is 418. The van der Waals surface area contributed by atoms with Gasteiger partial charge in [0.2, 0.25) is 0 Å². The van der Waals surface area contributed by atoms with Crippen LogP contribution in [0.25, 0.3) is 0 Å². The van der Waals surface area contributed by atoms with Crippen molar-refractivity contribution < 1.29 is 9.53 Å². The molecule has 0 saturated heterocycles. The van der Waals surface area contributed by atoms with Gasteiger partial charge in [0.15, 0.2) is 0 Å². The van der Waals surface area contributed by atoms with Crippen LogP contribution in [-0.4, -0.2) is 19.7 Å². The first kappa shape index (κ1) is 11.9. The van der Waals surface area contributed by atoms with Gasteiger partial charge in [-0.25, -0.2) is 4.79 Å². The van der Waals surface area contributed by atoms with Crippen LogP contribution in [0.5, 0.6) is 0 Å². The van der Waals surface area contributed by atoms with Gasteiger partial charge in [0.25, 0.3) is 0 Å². The number of aryl methyl sites for hydroxylation is 2. The minimum absolute atomic E-state index is 0.181. The molecular weight excluding hydrogens is 216 g/mol. The molecule has 0 spiro atoms. The van der Waals surface area contributed by atoms with Gasteiger partial charge in [0.05, 0.1) is 7.11 Å². The highest BCUT2D eigenvalue weighted by atomic mass is 16.5. The molecule has 0 aromatic heterocycles. The van der Waals surface area contributed by atoms with Crippen molar-refractivity contribution in [1.29, 1.82) is 0 Å². The number of nitrogens with two attached hydrogens (primary N) is 1. The lowest BCUT2D eigenvalue weighted by Crippen LogP contribution is -2.31. The zero-order chi connectivity index (χ0) is 12.3. The van der Waals surface area contributed by atoms with E-state index in [9.17, 15) is 4.79 Å². The van der Waals surface area contributed by atoms with Crippen molar-refractivity contribution >= 4 is 6.09 Å². The number of alkyl carbamates (subject to hydrolysis) is 1. The molecule has 1 atom stereocenters. The van der Waals surface area contributed by atoms with Crippen molar-refractivity contribution in [2.24, 2.45) is 5.73 Å². The quantitative estimate of drug-likeness (QED) is 0.833. The maximum atomic E-state index is 10.9. The summed E-state index contributed by atoms with van der Waals surface area (Å²) in [4.78, 5) is 10.9. The molecule has 0 radical (unpaired) electrons. The first-order valence-corrected chi connectivity index (χ1v) is 5.90. The van der Waals surface area contributed by atoms with E-state index in [-0.39, 0.29) is 6.04 Å². The van der Waals surface area contributed by atoms with E-state index in [0.717, 1.165) is 12.0 Å². The third-order valence-corrected chi connectivity index (χ3v) is 3.20. The Balaban J connectivity index is 1.99. The van der Waals surface area contributed by atoms with E-state index in [2.05, 4.69) is 22.2 Å². The number of carbonyl (C=O) groups is 1. The molecule has 4 nitrogen and oxygen atoms in total. The van der Waals surface area contributed by atoms with Crippen molar-refractivity contribution in [1.82, 2.24) is 5.32 Å². The summed E-state index contributed by atoms with van der Waals surface area (Å²) in [6, 6.07) is 6.18. The summed E-state index contributed by atoms with van der Waals surface area (Å²) in [6.07, 6.45) is 3.10. The van der Waals surface area contributed by atoms with Crippen LogP contribution in [0.1, 0.15) is 29.2 Å².